The molecule has 0 bridgehead atoms. The van der Waals surface area contributed by atoms with Crippen molar-refractivity contribution >= 4 is 52.5 Å². The van der Waals surface area contributed by atoms with Gasteiger partial charge in [0, 0.05) is 16.1 Å². The Morgan fingerprint density at radius 3 is 2.30 bits per heavy atom. The van der Waals surface area contributed by atoms with Gasteiger partial charge in [0.25, 0.3) is 5.91 Å². The molecule has 0 aliphatic rings. The number of carboxylic acids is 1. The zero-order valence-corrected chi connectivity index (χ0v) is 21.3. The summed E-state index contributed by atoms with van der Waals surface area (Å²) in [5, 5.41) is 14.5. The van der Waals surface area contributed by atoms with Crippen LogP contribution in [0.2, 0.25) is 5.02 Å². The standard InChI is InChI=1S/C29H23ClN2O4S/c1-18-7-5-10-20(15-18)27(33)31-22-11-6-12-23(17-22)37-26(19-8-3-2-4-9-19)28(34)32-25-16-21(29(35)36)13-14-24(25)30/h2-17,26H,1H3,(H,31,33)(H,32,34)(H,35,36). The van der Waals surface area contributed by atoms with Crippen molar-refractivity contribution in [3.63, 3.8) is 0 Å². The summed E-state index contributed by atoms with van der Waals surface area (Å²) >= 11 is 7.53. The number of anilines is 2. The van der Waals surface area contributed by atoms with Crippen LogP contribution in [-0.2, 0) is 4.79 Å². The molecule has 4 aromatic rings. The van der Waals surface area contributed by atoms with Crippen LogP contribution in [0.4, 0.5) is 11.4 Å². The van der Waals surface area contributed by atoms with Gasteiger partial charge in [-0.05, 0) is 61.0 Å². The van der Waals surface area contributed by atoms with E-state index >= 15 is 0 Å². The molecule has 2 amide bonds. The molecule has 3 N–H and O–H groups in total. The molecule has 37 heavy (non-hydrogen) atoms. The second kappa shape index (κ2) is 11.8. The molecular weight excluding hydrogens is 508 g/mol. The third-order valence-electron chi connectivity index (χ3n) is 5.44. The molecule has 0 saturated heterocycles. The SMILES string of the molecule is Cc1cccc(C(=O)Nc2cccc(SC(C(=O)Nc3cc(C(=O)O)ccc3Cl)c3ccccc3)c2)c1. The molecule has 0 saturated carbocycles. The molecule has 186 valence electrons. The molecule has 0 aliphatic heterocycles. The van der Waals surface area contributed by atoms with Crippen molar-refractivity contribution in [1.82, 2.24) is 0 Å². The number of aryl methyl sites for hydroxylation is 1. The van der Waals surface area contributed by atoms with Gasteiger partial charge in [-0.15, -0.1) is 11.8 Å². The summed E-state index contributed by atoms with van der Waals surface area (Å²) in [5.41, 5.74) is 3.13. The molecule has 0 aromatic heterocycles. The van der Waals surface area contributed by atoms with Crippen molar-refractivity contribution in [3.8, 4) is 0 Å². The molecule has 0 spiro atoms. The lowest BCUT2D eigenvalue weighted by Crippen LogP contribution is -2.19. The molecule has 0 heterocycles. The molecule has 0 radical (unpaired) electrons. The third-order valence-corrected chi connectivity index (χ3v) is 7.02. The minimum Gasteiger partial charge on any atom is -0.478 e. The molecular formula is C29H23ClN2O4S. The molecule has 4 aromatic carbocycles. The van der Waals surface area contributed by atoms with E-state index in [1.165, 1.54) is 30.0 Å². The van der Waals surface area contributed by atoms with Gasteiger partial charge in [-0.25, -0.2) is 4.79 Å². The number of nitrogens with one attached hydrogen (secondary N) is 2. The van der Waals surface area contributed by atoms with Crippen molar-refractivity contribution in [3.05, 3.63) is 124 Å². The summed E-state index contributed by atoms with van der Waals surface area (Å²) in [6.07, 6.45) is 0. The second-order valence-electron chi connectivity index (χ2n) is 8.25. The summed E-state index contributed by atoms with van der Waals surface area (Å²) in [7, 11) is 0. The van der Waals surface area contributed by atoms with E-state index < -0.39 is 11.2 Å². The van der Waals surface area contributed by atoms with Gasteiger partial charge in [0.05, 0.1) is 16.3 Å². The minimum atomic E-state index is -1.12. The topological polar surface area (TPSA) is 95.5 Å². The smallest absolute Gasteiger partial charge is 0.335 e. The van der Waals surface area contributed by atoms with Crippen LogP contribution in [0, 0.1) is 6.92 Å². The monoisotopic (exact) mass is 530 g/mol. The van der Waals surface area contributed by atoms with Gasteiger partial charge in [0.15, 0.2) is 0 Å². The van der Waals surface area contributed by atoms with Crippen LogP contribution in [-0.4, -0.2) is 22.9 Å². The number of thioether (sulfide) groups is 1. The molecule has 6 nitrogen and oxygen atoms in total. The number of hydrogen-bond acceptors (Lipinski definition) is 4. The van der Waals surface area contributed by atoms with Crippen LogP contribution in [0.5, 0.6) is 0 Å². The van der Waals surface area contributed by atoms with Crippen LogP contribution >= 0.6 is 23.4 Å². The number of halogens is 1. The van der Waals surface area contributed by atoms with E-state index in [1.807, 2.05) is 61.5 Å². The summed E-state index contributed by atoms with van der Waals surface area (Å²) in [6, 6.07) is 27.9. The minimum absolute atomic E-state index is 0.0145. The maximum absolute atomic E-state index is 13.4. The summed E-state index contributed by atoms with van der Waals surface area (Å²) < 4.78 is 0. The highest BCUT2D eigenvalue weighted by Gasteiger charge is 2.23. The highest BCUT2D eigenvalue weighted by Crippen LogP contribution is 2.38. The van der Waals surface area contributed by atoms with Crippen LogP contribution in [0.1, 0.15) is 37.1 Å². The number of hydrogen-bond donors (Lipinski definition) is 3. The van der Waals surface area contributed by atoms with E-state index in [1.54, 1.807) is 24.3 Å². The number of carbonyl (C=O) groups is 3. The third kappa shape index (κ3) is 6.78. The maximum atomic E-state index is 13.4. The summed E-state index contributed by atoms with van der Waals surface area (Å²) in [5.74, 6) is -1.71. The fourth-order valence-corrected chi connectivity index (χ4v) is 4.87. The molecule has 8 heteroatoms. The first kappa shape index (κ1) is 26.0. The highest BCUT2D eigenvalue weighted by molar-refractivity contribution is 8.00. The Labute approximate surface area is 223 Å². The van der Waals surface area contributed by atoms with E-state index in [-0.39, 0.29) is 28.1 Å². The molecule has 0 aliphatic carbocycles. The van der Waals surface area contributed by atoms with Crippen LogP contribution in [0.25, 0.3) is 0 Å². The number of carboxylic acid groups (broad SMARTS) is 1. The Kier molecular flexibility index (Phi) is 8.28. The van der Waals surface area contributed by atoms with Crippen LogP contribution in [0.3, 0.4) is 0 Å². The van der Waals surface area contributed by atoms with Crippen molar-refractivity contribution < 1.29 is 19.5 Å². The maximum Gasteiger partial charge on any atom is 0.335 e. The van der Waals surface area contributed by atoms with Crippen LogP contribution in [0.15, 0.2) is 102 Å². The first-order valence-corrected chi connectivity index (χ1v) is 12.6. The molecule has 1 unspecified atom stereocenters. The first-order chi connectivity index (χ1) is 17.8. The predicted octanol–water partition coefficient (Wildman–Crippen LogP) is 7.07. The van der Waals surface area contributed by atoms with Gasteiger partial charge in [-0.1, -0.05) is 65.7 Å². The van der Waals surface area contributed by atoms with Gasteiger partial charge in [0.1, 0.15) is 5.25 Å². The Morgan fingerprint density at radius 2 is 1.57 bits per heavy atom. The Morgan fingerprint density at radius 1 is 0.811 bits per heavy atom. The van der Waals surface area contributed by atoms with Gasteiger partial charge >= 0.3 is 5.97 Å². The van der Waals surface area contributed by atoms with E-state index in [0.717, 1.165) is 16.0 Å². The van der Waals surface area contributed by atoms with Crippen molar-refractivity contribution in [2.45, 2.75) is 17.1 Å². The van der Waals surface area contributed by atoms with Gasteiger partial charge < -0.3 is 15.7 Å². The number of carbonyl (C=O) groups excluding carboxylic acids is 2. The molecule has 4 rings (SSSR count). The fourth-order valence-electron chi connectivity index (χ4n) is 3.63. The Balaban J connectivity index is 1.57. The summed E-state index contributed by atoms with van der Waals surface area (Å²) in [6.45, 7) is 1.92. The Bertz CT molecular complexity index is 1460. The number of benzene rings is 4. The van der Waals surface area contributed by atoms with Gasteiger partial charge in [0.2, 0.25) is 5.91 Å². The number of aromatic carboxylic acids is 1. The van der Waals surface area contributed by atoms with Crippen molar-refractivity contribution in [2.24, 2.45) is 0 Å². The van der Waals surface area contributed by atoms with Gasteiger partial charge in [-0.3, -0.25) is 9.59 Å². The van der Waals surface area contributed by atoms with Crippen LogP contribution < -0.4 is 10.6 Å². The normalized spacial score (nSPS) is 11.4. The molecule has 1 atom stereocenters. The lowest BCUT2D eigenvalue weighted by atomic mass is 10.1. The lowest BCUT2D eigenvalue weighted by molar-refractivity contribution is -0.115. The van der Waals surface area contributed by atoms with Gasteiger partial charge in [-0.2, -0.15) is 0 Å². The van der Waals surface area contributed by atoms with Crippen molar-refractivity contribution in [1.29, 1.82) is 0 Å². The Hall–Kier alpha value is -4.07. The highest BCUT2D eigenvalue weighted by atomic mass is 35.5. The van der Waals surface area contributed by atoms with E-state index in [0.29, 0.717) is 11.3 Å². The molecule has 0 fully saturated rings. The van der Waals surface area contributed by atoms with E-state index in [2.05, 4.69) is 10.6 Å². The average Bonchev–Trinajstić information content (AvgIpc) is 2.89. The van der Waals surface area contributed by atoms with E-state index in [4.69, 9.17) is 11.6 Å². The first-order valence-electron chi connectivity index (χ1n) is 11.3. The second-order valence-corrected chi connectivity index (χ2v) is 9.83. The average molecular weight is 531 g/mol. The van der Waals surface area contributed by atoms with Crippen molar-refractivity contribution in [2.75, 3.05) is 10.6 Å². The predicted molar refractivity (Wildman–Crippen MR) is 148 cm³/mol. The fraction of sp³-hybridized carbons (Fsp3) is 0.0690. The van der Waals surface area contributed by atoms with E-state index in [9.17, 15) is 19.5 Å². The zero-order chi connectivity index (χ0) is 26.4. The quantitative estimate of drug-likeness (QED) is 0.212. The summed E-state index contributed by atoms with van der Waals surface area (Å²) in [4.78, 5) is 38.3. The number of amides is 2. The lowest BCUT2D eigenvalue weighted by Gasteiger charge is -2.18. The zero-order valence-electron chi connectivity index (χ0n) is 19.8. The number of rotatable bonds is 8. The largest absolute Gasteiger partial charge is 0.478 e.